The number of aromatic nitrogens is 2. The third-order valence-corrected chi connectivity index (χ3v) is 6.30. The summed E-state index contributed by atoms with van der Waals surface area (Å²) in [4.78, 5) is 36.0. The number of thiazole rings is 1. The van der Waals surface area contributed by atoms with Gasteiger partial charge in [0, 0.05) is 17.1 Å². The Hall–Kier alpha value is -4.04. The van der Waals surface area contributed by atoms with Gasteiger partial charge in [0.05, 0.1) is 35.3 Å². The number of carbonyl (C=O) groups excluding carboxylic acids is 2. The lowest BCUT2D eigenvalue weighted by atomic mass is 10.1. The van der Waals surface area contributed by atoms with Gasteiger partial charge in [-0.3, -0.25) is 9.78 Å². The molecule has 1 aliphatic heterocycles. The number of carbonyl (C=O) groups is 2. The molecule has 3 heterocycles. The van der Waals surface area contributed by atoms with Gasteiger partial charge in [-0.15, -0.1) is 11.3 Å². The molecular formula is C27H23N3O4S. The zero-order chi connectivity index (χ0) is 24.4. The predicted octanol–water partition coefficient (Wildman–Crippen LogP) is 5.36. The third-order valence-electron chi connectivity index (χ3n) is 5.43. The summed E-state index contributed by atoms with van der Waals surface area (Å²) < 4.78 is 11.0. The Kier molecular flexibility index (Phi) is 6.29. The number of rotatable bonds is 6. The fraction of sp³-hybridized carbons (Fsp3) is 0.185. The summed E-state index contributed by atoms with van der Waals surface area (Å²) in [5.74, 6) is 0.0891. The molecule has 0 saturated heterocycles. The molecule has 0 radical (unpaired) electrons. The first kappa shape index (κ1) is 22.7. The molecule has 0 fully saturated rings. The summed E-state index contributed by atoms with van der Waals surface area (Å²) in [6.07, 6.45) is 1.54. The second-order valence-corrected chi connectivity index (χ2v) is 9.22. The first-order valence-corrected chi connectivity index (χ1v) is 12.1. The van der Waals surface area contributed by atoms with E-state index in [2.05, 4.69) is 4.98 Å². The number of esters is 1. The summed E-state index contributed by atoms with van der Waals surface area (Å²) in [6.45, 7) is 3.88. The van der Waals surface area contributed by atoms with Crippen molar-refractivity contribution in [2.45, 2.75) is 26.5 Å². The number of hydrogen-bond acceptors (Lipinski definition) is 7. The van der Waals surface area contributed by atoms with Crippen molar-refractivity contribution in [1.82, 2.24) is 9.97 Å². The van der Waals surface area contributed by atoms with Crippen molar-refractivity contribution in [1.29, 1.82) is 0 Å². The minimum absolute atomic E-state index is 0.0397. The minimum atomic E-state index is -0.384. The molecule has 0 aliphatic carbocycles. The van der Waals surface area contributed by atoms with Gasteiger partial charge < -0.3 is 14.4 Å². The lowest BCUT2D eigenvalue weighted by Gasteiger charge is -2.30. The van der Waals surface area contributed by atoms with E-state index in [1.54, 1.807) is 29.3 Å². The van der Waals surface area contributed by atoms with E-state index in [1.165, 1.54) is 11.3 Å². The first-order valence-electron chi connectivity index (χ1n) is 11.2. The van der Waals surface area contributed by atoms with Crippen molar-refractivity contribution < 1.29 is 19.1 Å². The fourth-order valence-electron chi connectivity index (χ4n) is 3.81. The highest BCUT2D eigenvalue weighted by Gasteiger charge is 2.27. The SMILES string of the molecule is CC(C)OC(=O)c1cccc(CN2C(=O)COc3ccc(-c4csc(-c5ccccn5)n4)cc32)c1. The van der Waals surface area contributed by atoms with E-state index in [4.69, 9.17) is 14.5 Å². The molecule has 35 heavy (non-hydrogen) atoms. The number of hydrogen-bond donors (Lipinski definition) is 0. The van der Waals surface area contributed by atoms with Crippen molar-refractivity contribution in [2.75, 3.05) is 11.5 Å². The van der Waals surface area contributed by atoms with E-state index >= 15 is 0 Å². The molecule has 0 spiro atoms. The number of benzene rings is 2. The lowest BCUT2D eigenvalue weighted by Crippen LogP contribution is -2.38. The second-order valence-electron chi connectivity index (χ2n) is 8.36. The molecule has 1 amide bonds. The van der Waals surface area contributed by atoms with E-state index < -0.39 is 0 Å². The lowest BCUT2D eigenvalue weighted by molar-refractivity contribution is -0.121. The summed E-state index contributed by atoms with van der Waals surface area (Å²) >= 11 is 1.52. The van der Waals surface area contributed by atoms with Gasteiger partial charge in [-0.1, -0.05) is 18.2 Å². The Bertz CT molecular complexity index is 1380. The molecule has 0 unspecified atom stereocenters. The molecule has 4 aromatic rings. The smallest absolute Gasteiger partial charge is 0.338 e. The van der Waals surface area contributed by atoms with Crippen molar-refractivity contribution in [2.24, 2.45) is 0 Å². The quantitative estimate of drug-likeness (QED) is 0.342. The van der Waals surface area contributed by atoms with Crippen molar-refractivity contribution >= 4 is 28.9 Å². The first-order chi connectivity index (χ1) is 17.0. The van der Waals surface area contributed by atoms with Crippen LogP contribution in [0.15, 0.2) is 72.2 Å². The van der Waals surface area contributed by atoms with Crippen LogP contribution in [-0.2, 0) is 16.1 Å². The van der Waals surface area contributed by atoms with Gasteiger partial charge in [0.1, 0.15) is 10.8 Å². The second kappa shape index (κ2) is 9.68. The molecule has 176 valence electrons. The number of anilines is 1. The number of amides is 1. The van der Waals surface area contributed by atoms with Crippen LogP contribution in [0.2, 0.25) is 0 Å². The van der Waals surface area contributed by atoms with E-state index in [9.17, 15) is 9.59 Å². The predicted molar refractivity (Wildman–Crippen MR) is 134 cm³/mol. The van der Waals surface area contributed by atoms with Crippen molar-refractivity contribution in [3.8, 4) is 27.7 Å². The van der Waals surface area contributed by atoms with Gasteiger partial charge in [-0.25, -0.2) is 9.78 Å². The minimum Gasteiger partial charge on any atom is -0.482 e. The average molecular weight is 486 g/mol. The van der Waals surface area contributed by atoms with Crippen LogP contribution in [0.3, 0.4) is 0 Å². The highest BCUT2D eigenvalue weighted by atomic mass is 32.1. The standard InChI is InChI=1S/C27H23N3O4S/c1-17(2)34-27(32)20-7-5-6-18(12-20)14-30-23-13-19(9-10-24(23)33-15-25(30)31)22-16-35-26(29-22)21-8-3-4-11-28-21/h3-13,16-17H,14-15H2,1-2H3. The molecule has 2 aromatic heterocycles. The Morgan fingerprint density at radius 2 is 2.00 bits per heavy atom. The van der Waals surface area contributed by atoms with Crippen LogP contribution in [0.1, 0.15) is 29.8 Å². The van der Waals surface area contributed by atoms with E-state index in [0.29, 0.717) is 23.5 Å². The number of fused-ring (bicyclic) bond motifs is 1. The van der Waals surface area contributed by atoms with Gasteiger partial charge in [-0.05, 0) is 61.9 Å². The van der Waals surface area contributed by atoms with Gasteiger partial charge in [0.15, 0.2) is 6.61 Å². The Labute approximate surface area is 207 Å². The van der Waals surface area contributed by atoms with Crippen LogP contribution in [0.5, 0.6) is 5.75 Å². The summed E-state index contributed by atoms with van der Waals surface area (Å²) in [6, 6.07) is 18.6. The third kappa shape index (κ3) is 4.93. The Morgan fingerprint density at radius 3 is 2.80 bits per heavy atom. The number of nitrogens with zero attached hydrogens (tertiary/aromatic N) is 3. The van der Waals surface area contributed by atoms with Crippen LogP contribution in [0.25, 0.3) is 22.0 Å². The zero-order valence-electron chi connectivity index (χ0n) is 19.3. The monoisotopic (exact) mass is 485 g/mol. The van der Waals surface area contributed by atoms with Gasteiger partial charge >= 0.3 is 5.97 Å². The Balaban J connectivity index is 1.44. The summed E-state index contributed by atoms with van der Waals surface area (Å²) in [5.41, 5.74) is 4.44. The Morgan fingerprint density at radius 1 is 1.11 bits per heavy atom. The molecule has 7 nitrogen and oxygen atoms in total. The molecule has 2 aromatic carbocycles. The maximum atomic E-state index is 12.9. The van der Waals surface area contributed by atoms with E-state index in [0.717, 1.165) is 27.5 Å². The highest BCUT2D eigenvalue weighted by molar-refractivity contribution is 7.13. The van der Waals surface area contributed by atoms with Gasteiger partial charge in [0.2, 0.25) is 0 Å². The molecule has 0 atom stereocenters. The number of pyridine rings is 1. The van der Waals surface area contributed by atoms with Crippen molar-refractivity contribution in [3.63, 3.8) is 0 Å². The average Bonchev–Trinajstić information content (AvgIpc) is 3.36. The largest absolute Gasteiger partial charge is 0.482 e. The zero-order valence-corrected chi connectivity index (χ0v) is 20.1. The molecule has 0 bridgehead atoms. The topological polar surface area (TPSA) is 81.6 Å². The van der Waals surface area contributed by atoms with Crippen LogP contribution in [0.4, 0.5) is 5.69 Å². The molecular weight excluding hydrogens is 462 g/mol. The fourth-order valence-corrected chi connectivity index (χ4v) is 4.61. The van der Waals surface area contributed by atoms with Crippen molar-refractivity contribution in [3.05, 3.63) is 83.4 Å². The molecule has 0 saturated carbocycles. The van der Waals surface area contributed by atoms with Crippen LogP contribution in [0, 0.1) is 0 Å². The van der Waals surface area contributed by atoms with E-state index in [1.807, 2.05) is 61.7 Å². The molecule has 8 heteroatoms. The van der Waals surface area contributed by atoms with Crippen LogP contribution in [-0.4, -0.2) is 34.6 Å². The maximum Gasteiger partial charge on any atom is 0.338 e. The normalized spacial score (nSPS) is 12.9. The van der Waals surface area contributed by atoms with Gasteiger partial charge in [0.25, 0.3) is 5.91 Å². The summed E-state index contributed by atoms with van der Waals surface area (Å²) in [5, 5.41) is 2.80. The molecule has 5 rings (SSSR count). The maximum absolute atomic E-state index is 12.9. The highest BCUT2D eigenvalue weighted by Crippen LogP contribution is 2.38. The van der Waals surface area contributed by atoms with E-state index in [-0.39, 0.29) is 24.6 Å². The van der Waals surface area contributed by atoms with Gasteiger partial charge in [-0.2, -0.15) is 0 Å². The summed E-state index contributed by atoms with van der Waals surface area (Å²) in [7, 11) is 0. The van der Waals surface area contributed by atoms with Crippen LogP contribution >= 0.6 is 11.3 Å². The molecule has 0 N–H and O–H groups in total. The molecule has 1 aliphatic rings. The number of ether oxygens (including phenoxy) is 2. The van der Waals surface area contributed by atoms with Crippen LogP contribution < -0.4 is 9.64 Å².